The Morgan fingerprint density at radius 2 is 2.25 bits per heavy atom. The van der Waals surface area contributed by atoms with E-state index in [4.69, 9.17) is 4.74 Å². The lowest BCUT2D eigenvalue weighted by molar-refractivity contribution is 0.166. The van der Waals surface area contributed by atoms with Gasteiger partial charge in [-0.3, -0.25) is 4.98 Å². The molecule has 2 heterocycles. The predicted octanol–water partition coefficient (Wildman–Crippen LogP) is 2.99. The third-order valence-corrected chi connectivity index (χ3v) is 3.90. The van der Waals surface area contributed by atoms with E-state index in [1.807, 2.05) is 19.1 Å². The number of rotatable bonds is 4. The highest BCUT2D eigenvalue weighted by Gasteiger charge is 2.14. The zero-order valence-electron chi connectivity index (χ0n) is 11.7. The minimum absolute atomic E-state index is 0.451. The first-order valence-electron chi connectivity index (χ1n) is 7.07. The zero-order valence-corrected chi connectivity index (χ0v) is 11.7. The molecule has 104 valence electrons. The number of aliphatic hydroxyl groups excluding tert-OH is 1. The van der Waals surface area contributed by atoms with E-state index in [-0.39, 0.29) is 0 Å². The molecule has 20 heavy (non-hydrogen) atoms. The maximum Gasteiger partial charge on any atom is 0.122 e. The van der Waals surface area contributed by atoms with E-state index in [1.54, 1.807) is 12.4 Å². The Morgan fingerprint density at radius 1 is 1.35 bits per heavy atom. The summed E-state index contributed by atoms with van der Waals surface area (Å²) in [7, 11) is 0. The quantitative estimate of drug-likeness (QED) is 0.927. The molecule has 0 fully saturated rings. The van der Waals surface area contributed by atoms with Crippen molar-refractivity contribution in [2.45, 2.75) is 32.3 Å². The monoisotopic (exact) mass is 269 g/mol. The summed E-state index contributed by atoms with van der Waals surface area (Å²) in [5.41, 5.74) is 4.57. The van der Waals surface area contributed by atoms with Gasteiger partial charge in [0.15, 0.2) is 0 Å². The van der Waals surface area contributed by atoms with Crippen molar-refractivity contribution in [3.8, 4) is 5.75 Å². The van der Waals surface area contributed by atoms with Crippen LogP contribution in [0.4, 0.5) is 0 Å². The summed E-state index contributed by atoms with van der Waals surface area (Å²) in [6, 6.07) is 8.27. The molecule has 1 aromatic carbocycles. The van der Waals surface area contributed by atoms with Crippen LogP contribution >= 0.6 is 0 Å². The normalized spacial score (nSPS) is 14.7. The van der Waals surface area contributed by atoms with Gasteiger partial charge in [-0.15, -0.1) is 0 Å². The Hall–Kier alpha value is -1.87. The molecule has 0 radical (unpaired) electrons. The molecule has 1 unspecified atom stereocenters. The average molecular weight is 269 g/mol. The van der Waals surface area contributed by atoms with Crippen molar-refractivity contribution in [3.05, 3.63) is 58.9 Å². The van der Waals surface area contributed by atoms with Crippen molar-refractivity contribution in [1.82, 2.24) is 4.98 Å². The Labute approximate surface area is 119 Å². The lowest BCUT2D eigenvalue weighted by Crippen LogP contribution is -2.02. The molecule has 2 aromatic rings. The lowest BCUT2D eigenvalue weighted by atomic mass is 9.98. The second kappa shape index (κ2) is 5.63. The van der Waals surface area contributed by atoms with E-state index in [1.165, 1.54) is 11.1 Å². The van der Waals surface area contributed by atoms with Gasteiger partial charge in [0.2, 0.25) is 0 Å². The van der Waals surface area contributed by atoms with E-state index in [0.717, 1.165) is 36.3 Å². The minimum Gasteiger partial charge on any atom is -0.493 e. The minimum atomic E-state index is -0.451. The summed E-state index contributed by atoms with van der Waals surface area (Å²) in [6.07, 6.45) is 5.64. The molecular formula is C17H19NO2. The maximum atomic E-state index is 10.3. The van der Waals surface area contributed by atoms with Gasteiger partial charge in [0.25, 0.3) is 0 Å². The van der Waals surface area contributed by atoms with Crippen molar-refractivity contribution in [2.75, 3.05) is 6.61 Å². The van der Waals surface area contributed by atoms with E-state index in [2.05, 4.69) is 17.1 Å². The second-order valence-electron chi connectivity index (χ2n) is 5.33. The molecule has 0 saturated carbocycles. The first kappa shape index (κ1) is 13.1. The van der Waals surface area contributed by atoms with Crippen molar-refractivity contribution in [1.29, 1.82) is 0 Å². The van der Waals surface area contributed by atoms with E-state index in [0.29, 0.717) is 6.42 Å². The number of benzene rings is 1. The average Bonchev–Trinajstić information content (AvgIpc) is 2.92. The number of aryl methyl sites for hydroxylation is 2. The lowest BCUT2D eigenvalue weighted by Gasteiger charge is -2.13. The molecule has 1 aromatic heterocycles. The number of aliphatic hydroxyl groups is 1. The van der Waals surface area contributed by atoms with Crippen LogP contribution in [0.3, 0.4) is 0 Å². The number of pyridine rings is 1. The van der Waals surface area contributed by atoms with Crippen LogP contribution in [0.2, 0.25) is 0 Å². The van der Waals surface area contributed by atoms with Crippen LogP contribution in [0.5, 0.6) is 5.75 Å². The first-order chi connectivity index (χ1) is 9.74. The predicted molar refractivity (Wildman–Crippen MR) is 77.9 cm³/mol. The molecular weight excluding hydrogens is 250 g/mol. The van der Waals surface area contributed by atoms with Crippen LogP contribution in [0, 0.1) is 6.92 Å². The molecule has 1 aliphatic heterocycles. The fourth-order valence-electron chi connectivity index (χ4n) is 2.68. The highest BCUT2D eigenvalue weighted by molar-refractivity contribution is 5.40. The fourth-order valence-corrected chi connectivity index (χ4v) is 2.68. The molecule has 1 N–H and O–H groups in total. The molecule has 1 aliphatic rings. The Balaban J connectivity index is 1.66. The largest absolute Gasteiger partial charge is 0.493 e. The standard InChI is InChI=1S/C17H19NO2/c1-12-6-8-18-11-15(12)16(19)4-2-13-3-5-17-14(10-13)7-9-20-17/h3,5-6,8,10-11,16,19H,2,4,7,9H2,1H3. The Bertz CT molecular complexity index is 610. The molecule has 3 nitrogen and oxygen atoms in total. The second-order valence-corrected chi connectivity index (χ2v) is 5.33. The Morgan fingerprint density at radius 3 is 3.10 bits per heavy atom. The summed E-state index contributed by atoms with van der Waals surface area (Å²) in [4.78, 5) is 4.09. The van der Waals surface area contributed by atoms with E-state index >= 15 is 0 Å². The Kier molecular flexibility index (Phi) is 3.70. The third kappa shape index (κ3) is 2.68. The highest BCUT2D eigenvalue weighted by atomic mass is 16.5. The summed E-state index contributed by atoms with van der Waals surface area (Å²) < 4.78 is 5.51. The number of ether oxygens (including phenoxy) is 1. The van der Waals surface area contributed by atoms with Gasteiger partial charge in [-0.05, 0) is 48.6 Å². The van der Waals surface area contributed by atoms with Crippen LogP contribution in [0.1, 0.15) is 34.8 Å². The number of aromatic nitrogens is 1. The molecule has 0 saturated heterocycles. The van der Waals surface area contributed by atoms with E-state index < -0.39 is 6.10 Å². The number of fused-ring (bicyclic) bond motifs is 1. The summed E-state index contributed by atoms with van der Waals surface area (Å²) in [6.45, 7) is 2.79. The van der Waals surface area contributed by atoms with Gasteiger partial charge in [-0.2, -0.15) is 0 Å². The number of hydrogen-bond acceptors (Lipinski definition) is 3. The zero-order chi connectivity index (χ0) is 13.9. The number of nitrogens with zero attached hydrogens (tertiary/aromatic N) is 1. The highest BCUT2D eigenvalue weighted by Crippen LogP contribution is 2.27. The molecule has 0 spiro atoms. The van der Waals surface area contributed by atoms with Gasteiger partial charge in [0.1, 0.15) is 5.75 Å². The smallest absolute Gasteiger partial charge is 0.122 e. The van der Waals surface area contributed by atoms with Gasteiger partial charge in [-0.1, -0.05) is 12.1 Å². The van der Waals surface area contributed by atoms with Gasteiger partial charge in [-0.25, -0.2) is 0 Å². The maximum absolute atomic E-state index is 10.3. The van der Waals surface area contributed by atoms with Crippen LogP contribution in [0.15, 0.2) is 36.7 Å². The molecule has 3 rings (SSSR count). The topological polar surface area (TPSA) is 42.4 Å². The first-order valence-corrected chi connectivity index (χ1v) is 7.07. The third-order valence-electron chi connectivity index (χ3n) is 3.90. The van der Waals surface area contributed by atoms with Gasteiger partial charge in [0.05, 0.1) is 12.7 Å². The van der Waals surface area contributed by atoms with Crippen molar-refractivity contribution < 1.29 is 9.84 Å². The number of hydrogen-bond donors (Lipinski definition) is 1. The van der Waals surface area contributed by atoms with Crippen molar-refractivity contribution in [2.24, 2.45) is 0 Å². The molecule has 3 heteroatoms. The van der Waals surface area contributed by atoms with Gasteiger partial charge >= 0.3 is 0 Å². The van der Waals surface area contributed by atoms with Gasteiger partial charge < -0.3 is 9.84 Å². The molecule has 0 bridgehead atoms. The summed E-state index contributed by atoms with van der Waals surface area (Å²) in [5.74, 6) is 1.01. The molecule has 0 amide bonds. The van der Waals surface area contributed by atoms with Crippen LogP contribution in [-0.2, 0) is 12.8 Å². The molecule has 0 aliphatic carbocycles. The molecule has 1 atom stereocenters. The summed E-state index contributed by atoms with van der Waals surface area (Å²) >= 11 is 0. The summed E-state index contributed by atoms with van der Waals surface area (Å²) in [5, 5.41) is 10.3. The fraction of sp³-hybridized carbons (Fsp3) is 0.353. The van der Waals surface area contributed by atoms with Crippen molar-refractivity contribution >= 4 is 0 Å². The van der Waals surface area contributed by atoms with Crippen LogP contribution < -0.4 is 4.74 Å². The van der Waals surface area contributed by atoms with Crippen molar-refractivity contribution in [3.63, 3.8) is 0 Å². The van der Waals surface area contributed by atoms with Gasteiger partial charge in [0, 0.05) is 24.4 Å². The SMILES string of the molecule is Cc1ccncc1C(O)CCc1ccc2c(c1)CCO2. The van der Waals surface area contributed by atoms with E-state index in [9.17, 15) is 5.11 Å². The van der Waals surface area contributed by atoms with Crippen LogP contribution in [-0.4, -0.2) is 16.7 Å². The van der Waals surface area contributed by atoms with Crippen LogP contribution in [0.25, 0.3) is 0 Å².